The van der Waals surface area contributed by atoms with E-state index in [2.05, 4.69) is 28.5 Å². The van der Waals surface area contributed by atoms with Gasteiger partial charge in [0, 0.05) is 30.4 Å². The fourth-order valence-electron chi connectivity index (χ4n) is 3.02. The fraction of sp³-hybridized carbons (Fsp3) is 0.769. The molecule has 94 valence electrons. The van der Waals surface area contributed by atoms with Crippen LogP contribution in [0.5, 0.6) is 0 Å². The quantitative estimate of drug-likeness (QED) is 0.845. The number of rotatable bonds is 2. The van der Waals surface area contributed by atoms with Crippen molar-refractivity contribution in [2.45, 2.75) is 51.6 Å². The van der Waals surface area contributed by atoms with Gasteiger partial charge in [0.05, 0.1) is 6.04 Å². The van der Waals surface area contributed by atoms with E-state index in [9.17, 15) is 0 Å². The summed E-state index contributed by atoms with van der Waals surface area (Å²) in [6, 6.07) is 1.21. The number of nitrogens with zero attached hydrogens (tertiary/aromatic N) is 3. The smallest absolute Gasteiger partial charge is 0.148 e. The first-order chi connectivity index (χ1) is 8.16. The van der Waals surface area contributed by atoms with Crippen LogP contribution < -0.4 is 5.73 Å². The molecule has 0 aromatic carbocycles. The second-order valence-electron chi connectivity index (χ2n) is 5.66. The summed E-state index contributed by atoms with van der Waals surface area (Å²) in [6.07, 6.45) is 4.85. The van der Waals surface area contributed by atoms with Gasteiger partial charge in [-0.25, -0.2) is 0 Å². The molecule has 0 saturated carbocycles. The van der Waals surface area contributed by atoms with Crippen molar-refractivity contribution in [1.82, 2.24) is 14.7 Å². The average molecular weight is 234 g/mol. The fourth-order valence-corrected chi connectivity index (χ4v) is 3.02. The van der Waals surface area contributed by atoms with Gasteiger partial charge < -0.3 is 5.73 Å². The topological polar surface area (TPSA) is 47.1 Å². The number of likely N-dealkylation sites (tertiary alicyclic amines) is 1. The molecular weight excluding hydrogens is 212 g/mol. The summed E-state index contributed by atoms with van der Waals surface area (Å²) in [7, 11) is 0. The van der Waals surface area contributed by atoms with Gasteiger partial charge in [0.2, 0.25) is 0 Å². The maximum absolute atomic E-state index is 6.03. The Kier molecular flexibility index (Phi) is 2.62. The van der Waals surface area contributed by atoms with Crippen molar-refractivity contribution in [2.75, 3.05) is 18.8 Å². The highest BCUT2D eigenvalue weighted by Crippen LogP contribution is 2.31. The molecule has 3 rings (SSSR count). The Hall–Kier alpha value is -1.03. The summed E-state index contributed by atoms with van der Waals surface area (Å²) in [4.78, 5) is 2.48. The van der Waals surface area contributed by atoms with Crippen LogP contribution in [0.1, 0.15) is 44.0 Å². The van der Waals surface area contributed by atoms with Crippen LogP contribution in [0.3, 0.4) is 0 Å². The first-order valence-electron chi connectivity index (χ1n) is 6.76. The molecule has 2 heterocycles. The highest BCUT2D eigenvalue weighted by Gasteiger charge is 2.33. The third kappa shape index (κ3) is 1.75. The van der Waals surface area contributed by atoms with E-state index in [0.717, 1.165) is 31.7 Å². The van der Waals surface area contributed by atoms with Gasteiger partial charge in [-0.1, -0.05) is 0 Å². The maximum Gasteiger partial charge on any atom is 0.148 e. The number of anilines is 1. The van der Waals surface area contributed by atoms with Crippen LogP contribution in [-0.2, 0) is 12.8 Å². The molecule has 1 aromatic rings. The van der Waals surface area contributed by atoms with Crippen molar-refractivity contribution in [3.05, 3.63) is 11.3 Å². The van der Waals surface area contributed by atoms with Crippen molar-refractivity contribution in [2.24, 2.45) is 0 Å². The summed E-state index contributed by atoms with van der Waals surface area (Å²) in [5.74, 6) is 0.780. The molecule has 0 unspecified atom stereocenters. The van der Waals surface area contributed by atoms with Gasteiger partial charge in [-0.3, -0.25) is 9.58 Å². The molecule has 1 saturated heterocycles. The zero-order chi connectivity index (χ0) is 12.0. The van der Waals surface area contributed by atoms with E-state index in [0.29, 0.717) is 12.1 Å². The molecule has 0 atom stereocenters. The SMILES string of the molecule is CC(C)N1CC(n2nc(N)c3c2CCCC3)C1. The molecular formula is C13H22N4. The Labute approximate surface area is 103 Å². The molecule has 4 heteroatoms. The molecule has 0 amide bonds. The molecule has 2 N–H and O–H groups in total. The van der Waals surface area contributed by atoms with Crippen molar-refractivity contribution < 1.29 is 0 Å². The van der Waals surface area contributed by atoms with Crippen LogP contribution >= 0.6 is 0 Å². The van der Waals surface area contributed by atoms with E-state index in [1.807, 2.05) is 0 Å². The molecule has 1 aliphatic carbocycles. The van der Waals surface area contributed by atoms with Crippen LogP contribution in [0.15, 0.2) is 0 Å². The number of hydrogen-bond acceptors (Lipinski definition) is 3. The average Bonchev–Trinajstić information content (AvgIpc) is 2.55. The highest BCUT2D eigenvalue weighted by molar-refractivity contribution is 5.44. The van der Waals surface area contributed by atoms with Crippen LogP contribution in [0.2, 0.25) is 0 Å². The minimum atomic E-state index is 0.557. The van der Waals surface area contributed by atoms with Gasteiger partial charge in [-0.15, -0.1) is 0 Å². The lowest BCUT2D eigenvalue weighted by Gasteiger charge is -2.42. The molecule has 0 spiro atoms. The first kappa shape index (κ1) is 11.1. The third-order valence-electron chi connectivity index (χ3n) is 4.21. The van der Waals surface area contributed by atoms with Gasteiger partial charge in [0.25, 0.3) is 0 Å². The standard InChI is InChI=1S/C13H22N4/c1-9(2)16-7-10(8-16)17-12-6-4-3-5-11(12)13(14)15-17/h9-10H,3-8H2,1-2H3,(H2,14,15). The van der Waals surface area contributed by atoms with Crippen molar-refractivity contribution in [1.29, 1.82) is 0 Å². The Bertz CT molecular complexity index is 415. The molecule has 4 nitrogen and oxygen atoms in total. The zero-order valence-electron chi connectivity index (χ0n) is 10.8. The number of fused-ring (bicyclic) bond motifs is 1. The predicted octanol–water partition coefficient (Wildman–Crippen LogP) is 1.61. The van der Waals surface area contributed by atoms with Crippen LogP contribution in [0.25, 0.3) is 0 Å². The minimum absolute atomic E-state index is 0.557. The van der Waals surface area contributed by atoms with Crippen LogP contribution in [-0.4, -0.2) is 33.8 Å². The summed E-state index contributed by atoms with van der Waals surface area (Å²) < 4.78 is 2.22. The normalized spacial score (nSPS) is 21.6. The lowest BCUT2D eigenvalue weighted by molar-refractivity contribution is 0.0657. The van der Waals surface area contributed by atoms with Gasteiger partial charge in [0.1, 0.15) is 5.82 Å². The van der Waals surface area contributed by atoms with E-state index in [4.69, 9.17) is 5.73 Å². The molecule has 17 heavy (non-hydrogen) atoms. The number of nitrogen functional groups attached to an aromatic ring is 1. The van der Waals surface area contributed by atoms with E-state index >= 15 is 0 Å². The molecule has 1 aliphatic heterocycles. The van der Waals surface area contributed by atoms with Gasteiger partial charge >= 0.3 is 0 Å². The molecule has 1 aromatic heterocycles. The lowest BCUT2D eigenvalue weighted by atomic mass is 9.96. The van der Waals surface area contributed by atoms with E-state index in [-0.39, 0.29) is 0 Å². The molecule has 1 fully saturated rings. The van der Waals surface area contributed by atoms with E-state index in [1.165, 1.54) is 24.1 Å². The lowest BCUT2D eigenvalue weighted by Crippen LogP contribution is -2.51. The van der Waals surface area contributed by atoms with Gasteiger partial charge in [0.15, 0.2) is 0 Å². The maximum atomic E-state index is 6.03. The van der Waals surface area contributed by atoms with Crippen molar-refractivity contribution >= 4 is 5.82 Å². The van der Waals surface area contributed by atoms with Crippen molar-refractivity contribution in [3.8, 4) is 0 Å². The van der Waals surface area contributed by atoms with Gasteiger partial charge in [-0.05, 0) is 39.5 Å². The van der Waals surface area contributed by atoms with Gasteiger partial charge in [-0.2, -0.15) is 5.10 Å². The monoisotopic (exact) mass is 234 g/mol. The zero-order valence-corrected chi connectivity index (χ0v) is 10.8. The van der Waals surface area contributed by atoms with Crippen LogP contribution in [0, 0.1) is 0 Å². The largest absolute Gasteiger partial charge is 0.382 e. The predicted molar refractivity (Wildman–Crippen MR) is 69.0 cm³/mol. The van der Waals surface area contributed by atoms with E-state index < -0.39 is 0 Å². The number of aromatic nitrogens is 2. The molecule has 0 radical (unpaired) electrons. The van der Waals surface area contributed by atoms with E-state index in [1.54, 1.807) is 0 Å². The third-order valence-corrected chi connectivity index (χ3v) is 4.21. The van der Waals surface area contributed by atoms with Crippen molar-refractivity contribution in [3.63, 3.8) is 0 Å². The second kappa shape index (κ2) is 4.02. The Morgan fingerprint density at radius 2 is 1.94 bits per heavy atom. The Morgan fingerprint density at radius 3 is 2.65 bits per heavy atom. The highest BCUT2D eigenvalue weighted by atomic mass is 15.4. The minimum Gasteiger partial charge on any atom is -0.382 e. The summed E-state index contributed by atoms with van der Waals surface area (Å²) >= 11 is 0. The first-order valence-corrected chi connectivity index (χ1v) is 6.76. The summed E-state index contributed by atoms with van der Waals surface area (Å²) in [6.45, 7) is 6.77. The molecule has 2 aliphatic rings. The number of hydrogen-bond donors (Lipinski definition) is 1. The molecule has 0 bridgehead atoms. The Morgan fingerprint density at radius 1 is 1.24 bits per heavy atom. The second-order valence-corrected chi connectivity index (χ2v) is 5.66. The summed E-state index contributed by atoms with van der Waals surface area (Å²) in [5.41, 5.74) is 8.78. The summed E-state index contributed by atoms with van der Waals surface area (Å²) in [5, 5.41) is 4.58. The Balaban J connectivity index is 1.81. The van der Waals surface area contributed by atoms with Crippen LogP contribution in [0.4, 0.5) is 5.82 Å². The number of nitrogens with two attached hydrogens (primary N) is 1.